The summed E-state index contributed by atoms with van der Waals surface area (Å²) in [5, 5.41) is 2.78. The van der Waals surface area contributed by atoms with Crippen LogP contribution in [0.3, 0.4) is 0 Å². The Morgan fingerprint density at radius 2 is 2.11 bits per heavy atom. The maximum Gasteiger partial charge on any atom is 0.244 e. The number of hydrogen-bond donors (Lipinski definition) is 1. The summed E-state index contributed by atoms with van der Waals surface area (Å²) in [5.41, 5.74) is 0.882. The third kappa shape index (κ3) is 5.01. The number of benzene rings is 1. The van der Waals surface area contributed by atoms with Crippen molar-refractivity contribution in [3.63, 3.8) is 0 Å². The van der Waals surface area contributed by atoms with Gasteiger partial charge in [0.25, 0.3) is 0 Å². The Balaban J connectivity index is 2.45. The van der Waals surface area contributed by atoms with Crippen LogP contribution in [0.15, 0.2) is 30.3 Å². The summed E-state index contributed by atoms with van der Waals surface area (Å²) in [6, 6.07) is 7.55. The van der Waals surface area contributed by atoms with E-state index in [2.05, 4.69) is 5.32 Å². The number of para-hydroxylation sites is 1. The van der Waals surface area contributed by atoms with Gasteiger partial charge in [0, 0.05) is 31.9 Å². The summed E-state index contributed by atoms with van der Waals surface area (Å²) in [5.74, 6) is 0.637. The van der Waals surface area contributed by atoms with Gasteiger partial charge in [0.15, 0.2) is 0 Å². The fourth-order valence-electron chi connectivity index (χ4n) is 1.46. The van der Waals surface area contributed by atoms with Crippen LogP contribution in [0.25, 0.3) is 6.08 Å². The number of rotatable bonds is 7. The van der Waals surface area contributed by atoms with E-state index in [0.717, 1.165) is 17.7 Å². The number of methoxy groups -OCH3 is 2. The van der Waals surface area contributed by atoms with Crippen LogP contribution in [0.1, 0.15) is 12.0 Å². The van der Waals surface area contributed by atoms with Crippen molar-refractivity contribution in [2.45, 2.75) is 6.42 Å². The molecule has 1 N–H and O–H groups in total. The highest BCUT2D eigenvalue weighted by molar-refractivity contribution is 5.92. The first-order valence-electron chi connectivity index (χ1n) is 5.86. The predicted molar refractivity (Wildman–Crippen MR) is 71.5 cm³/mol. The van der Waals surface area contributed by atoms with E-state index in [-0.39, 0.29) is 5.91 Å². The molecule has 0 saturated heterocycles. The molecule has 1 aromatic carbocycles. The Bertz CT molecular complexity index is 402. The molecule has 0 aliphatic carbocycles. The molecule has 1 rings (SSSR count). The van der Waals surface area contributed by atoms with Crippen LogP contribution in [0.4, 0.5) is 0 Å². The fraction of sp³-hybridized carbons (Fsp3) is 0.357. The van der Waals surface area contributed by atoms with Crippen molar-refractivity contribution in [2.24, 2.45) is 0 Å². The highest BCUT2D eigenvalue weighted by atomic mass is 16.5. The molecule has 0 bridgehead atoms. The summed E-state index contributed by atoms with van der Waals surface area (Å²) >= 11 is 0. The molecule has 0 aliphatic rings. The van der Waals surface area contributed by atoms with Crippen molar-refractivity contribution < 1.29 is 14.3 Å². The van der Waals surface area contributed by atoms with E-state index in [1.54, 1.807) is 20.3 Å². The highest BCUT2D eigenvalue weighted by Crippen LogP contribution is 2.18. The van der Waals surface area contributed by atoms with Gasteiger partial charge in [-0.15, -0.1) is 0 Å². The minimum absolute atomic E-state index is 0.114. The van der Waals surface area contributed by atoms with E-state index in [1.807, 2.05) is 24.3 Å². The van der Waals surface area contributed by atoms with Crippen molar-refractivity contribution in [3.05, 3.63) is 35.9 Å². The van der Waals surface area contributed by atoms with E-state index < -0.39 is 0 Å². The van der Waals surface area contributed by atoms with Gasteiger partial charge in [0.2, 0.25) is 5.91 Å². The minimum Gasteiger partial charge on any atom is -0.496 e. The molecule has 4 nitrogen and oxygen atoms in total. The van der Waals surface area contributed by atoms with Crippen LogP contribution in [0.5, 0.6) is 5.75 Å². The molecule has 1 amide bonds. The van der Waals surface area contributed by atoms with Crippen LogP contribution >= 0.6 is 0 Å². The van der Waals surface area contributed by atoms with Gasteiger partial charge in [0.05, 0.1) is 7.11 Å². The molecule has 0 heterocycles. The van der Waals surface area contributed by atoms with Crippen LogP contribution < -0.4 is 10.1 Å². The second kappa shape index (κ2) is 8.31. The monoisotopic (exact) mass is 249 g/mol. The average Bonchev–Trinajstić information content (AvgIpc) is 2.41. The zero-order valence-electron chi connectivity index (χ0n) is 10.8. The van der Waals surface area contributed by atoms with Gasteiger partial charge in [-0.2, -0.15) is 0 Å². The van der Waals surface area contributed by atoms with Crippen LogP contribution in [-0.2, 0) is 9.53 Å². The van der Waals surface area contributed by atoms with E-state index in [4.69, 9.17) is 9.47 Å². The third-order valence-electron chi connectivity index (χ3n) is 2.38. The molecule has 0 aromatic heterocycles. The largest absolute Gasteiger partial charge is 0.496 e. The van der Waals surface area contributed by atoms with Crippen molar-refractivity contribution in [1.82, 2.24) is 5.32 Å². The van der Waals surface area contributed by atoms with E-state index in [9.17, 15) is 4.79 Å². The summed E-state index contributed by atoms with van der Waals surface area (Å²) in [4.78, 5) is 11.5. The van der Waals surface area contributed by atoms with Gasteiger partial charge >= 0.3 is 0 Å². The maximum absolute atomic E-state index is 11.5. The van der Waals surface area contributed by atoms with E-state index in [0.29, 0.717) is 13.2 Å². The average molecular weight is 249 g/mol. The fourth-order valence-corrected chi connectivity index (χ4v) is 1.46. The van der Waals surface area contributed by atoms with Crippen molar-refractivity contribution in [3.8, 4) is 5.75 Å². The second-order valence-corrected chi connectivity index (χ2v) is 3.71. The molecule has 98 valence electrons. The van der Waals surface area contributed by atoms with Crippen molar-refractivity contribution in [2.75, 3.05) is 27.4 Å². The molecule has 0 unspecified atom stereocenters. The lowest BCUT2D eigenvalue weighted by atomic mass is 10.2. The van der Waals surface area contributed by atoms with Gasteiger partial charge < -0.3 is 14.8 Å². The Morgan fingerprint density at radius 3 is 2.83 bits per heavy atom. The van der Waals surface area contributed by atoms with E-state index in [1.165, 1.54) is 6.08 Å². The maximum atomic E-state index is 11.5. The Hall–Kier alpha value is -1.81. The predicted octanol–water partition coefficient (Wildman–Crippen LogP) is 1.86. The number of carbonyl (C=O) groups excluding carboxylic acids is 1. The van der Waals surface area contributed by atoms with Gasteiger partial charge in [-0.3, -0.25) is 4.79 Å². The number of amides is 1. The molecule has 0 saturated carbocycles. The molecule has 0 aliphatic heterocycles. The van der Waals surface area contributed by atoms with Crippen LogP contribution in [0, 0.1) is 0 Å². The lowest BCUT2D eigenvalue weighted by molar-refractivity contribution is -0.116. The van der Waals surface area contributed by atoms with Crippen molar-refractivity contribution >= 4 is 12.0 Å². The molecular formula is C14H19NO3. The smallest absolute Gasteiger partial charge is 0.244 e. The van der Waals surface area contributed by atoms with E-state index >= 15 is 0 Å². The normalized spacial score (nSPS) is 10.6. The van der Waals surface area contributed by atoms with Gasteiger partial charge in [-0.25, -0.2) is 0 Å². The standard InChI is InChI=1S/C14H19NO3/c1-17-11-5-10-15-14(16)9-8-12-6-3-4-7-13(12)18-2/h3-4,6-9H,5,10-11H2,1-2H3,(H,15,16)/b9-8+. The Morgan fingerprint density at radius 1 is 1.33 bits per heavy atom. The van der Waals surface area contributed by atoms with Crippen LogP contribution in [0.2, 0.25) is 0 Å². The molecule has 4 heteroatoms. The molecular weight excluding hydrogens is 230 g/mol. The summed E-state index contributed by atoms with van der Waals surface area (Å²) in [6.07, 6.45) is 4.06. The Labute approximate surface area is 108 Å². The number of nitrogens with one attached hydrogen (secondary N) is 1. The first-order valence-corrected chi connectivity index (χ1v) is 5.86. The van der Waals surface area contributed by atoms with Gasteiger partial charge in [-0.1, -0.05) is 18.2 Å². The third-order valence-corrected chi connectivity index (χ3v) is 2.38. The highest BCUT2D eigenvalue weighted by Gasteiger charge is 1.98. The number of hydrogen-bond acceptors (Lipinski definition) is 3. The quantitative estimate of drug-likeness (QED) is 0.592. The summed E-state index contributed by atoms with van der Waals surface area (Å²) < 4.78 is 10.1. The number of ether oxygens (including phenoxy) is 2. The van der Waals surface area contributed by atoms with Gasteiger partial charge in [-0.05, 0) is 18.6 Å². The number of carbonyl (C=O) groups is 1. The van der Waals surface area contributed by atoms with Gasteiger partial charge in [0.1, 0.15) is 5.75 Å². The molecule has 0 radical (unpaired) electrons. The first kappa shape index (κ1) is 14.3. The molecule has 0 spiro atoms. The lowest BCUT2D eigenvalue weighted by Crippen LogP contribution is -2.22. The summed E-state index contributed by atoms with van der Waals surface area (Å²) in [7, 11) is 3.25. The molecule has 18 heavy (non-hydrogen) atoms. The SMILES string of the molecule is COCCCNC(=O)/C=C/c1ccccc1OC. The van der Waals surface area contributed by atoms with Crippen LogP contribution in [-0.4, -0.2) is 33.3 Å². The minimum atomic E-state index is -0.114. The second-order valence-electron chi connectivity index (χ2n) is 3.71. The zero-order valence-corrected chi connectivity index (χ0v) is 10.8. The molecule has 0 atom stereocenters. The zero-order chi connectivity index (χ0) is 13.2. The molecule has 1 aromatic rings. The first-order chi connectivity index (χ1) is 8.77. The molecule has 0 fully saturated rings. The Kier molecular flexibility index (Phi) is 6.58. The summed E-state index contributed by atoms with van der Waals surface area (Å²) in [6.45, 7) is 1.26. The van der Waals surface area contributed by atoms with Crippen molar-refractivity contribution in [1.29, 1.82) is 0 Å². The topological polar surface area (TPSA) is 47.6 Å². The lowest BCUT2D eigenvalue weighted by Gasteiger charge is -2.04.